The van der Waals surface area contributed by atoms with Crippen molar-refractivity contribution in [1.82, 2.24) is 4.31 Å². The number of carboxylic acid groups (broad SMARTS) is 1. The SMILES string of the molecule is CCc1ccc(S(=O)(=O)N(CC(=O)O)C(C)CC)cc1. The minimum Gasteiger partial charge on any atom is -0.480 e. The van der Waals surface area contributed by atoms with Gasteiger partial charge in [0.25, 0.3) is 0 Å². The number of sulfonamides is 1. The maximum atomic E-state index is 12.5. The van der Waals surface area contributed by atoms with E-state index < -0.39 is 22.5 Å². The number of rotatable bonds is 7. The molecular weight excluding hydrogens is 278 g/mol. The number of hydrogen-bond acceptors (Lipinski definition) is 3. The maximum Gasteiger partial charge on any atom is 0.318 e. The summed E-state index contributed by atoms with van der Waals surface area (Å²) in [5, 5.41) is 8.91. The highest BCUT2D eigenvalue weighted by Gasteiger charge is 2.30. The van der Waals surface area contributed by atoms with Gasteiger partial charge in [-0.25, -0.2) is 8.42 Å². The average Bonchev–Trinajstić information content (AvgIpc) is 2.43. The fraction of sp³-hybridized carbons (Fsp3) is 0.500. The normalized spacial score (nSPS) is 13.4. The van der Waals surface area contributed by atoms with E-state index in [1.807, 2.05) is 13.8 Å². The molecule has 1 N–H and O–H groups in total. The molecule has 1 atom stereocenters. The lowest BCUT2D eigenvalue weighted by Crippen LogP contribution is -2.41. The van der Waals surface area contributed by atoms with Gasteiger partial charge in [-0.2, -0.15) is 4.31 Å². The van der Waals surface area contributed by atoms with Crippen molar-refractivity contribution in [1.29, 1.82) is 0 Å². The molecule has 5 nitrogen and oxygen atoms in total. The first-order valence-corrected chi connectivity index (χ1v) is 8.09. The molecule has 0 aliphatic rings. The van der Waals surface area contributed by atoms with Gasteiger partial charge >= 0.3 is 5.97 Å². The van der Waals surface area contributed by atoms with Crippen LogP contribution in [-0.2, 0) is 21.2 Å². The second kappa shape index (κ2) is 6.85. The summed E-state index contributed by atoms with van der Waals surface area (Å²) in [6, 6.07) is 6.21. The van der Waals surface area contributed by atoms with Crippen molar-refractivity contribution in [3.8, 4) is 0 Å². The molecule has 0 spiro atoms. The molecule has 0 aliphatic carbocycles. The van der Waals surface area contributed by atoms with Gasteiger partial charge in [0.1, 0.15) is 6.54 Å². The number of nitrogens with zero attached hydrogens (tertiary/aromatic N) is 1. The van der Waals surface area contributed by atoms with Crippen LogP contribution in [0.5, 0.6) is 0 Å². The van der Waals surface area contributed by atoms with Gasteiger partial charge in [-0.15, -0.1) is 0 Å². The Morgan fingerprint density at radius 3 is 2.20 bits per heavy atom. The van der Waals surface area contributed by atoms with Crippen LogP contribution in [0.2, 0.25) is 0 Å². The molecule has 6 heteroatoms. The number of benzene rings is 1. The molecule has 0 aliphatic heterocycles. The van der Waals surface area contributed by atoms with Crippen molar-refractivity contribution in [2.75, 3.05) is 6.54 Å². The van der Waals surface area contributed by atoms with E-state index in [0.717, 1.165) is 16.3 Å². The second-order valence-electron chi connectivity index (χ2n) is 4.70. The van der Waals surface area contributed by atoms with E-state index in [9.17, 15) is 13.2 Å². The van der Waals surface area contributed by atoms with E-state index in [0.29, 0.717) is 6.42 Å². The van der Waals surface area contributed by atoms with Gasteiger partial charge < -0.3 is 5.11 Å². The standard InChI is InChI=1S/C14H21NO4S/c1-4-11(3)15(10-14(16)17)20(18,19)13-8-6-12(5-2)7-9-13/h6-9,11H,4-5,10H2,1-3H3,(H,16,17). The molecule has 0 aromatic heterocycles. The Hall–Kier alpha value is -1.40. The summed E-state index contributed by atoms with van der Waals surface area (Å²) < 4.78 is 26.1. The molecule has 0 heterocycles. The van der Waals surface area contributed by atoms with Crippen LogP contribution in [0.15, 0.2) is 29.2 Å². The van der Waals surface area contributed by atoms with Gasteiger partial charge in [0.15, 0.2) is 0 Å². The predicted molar refractivity (Wildman–Crippen MR) is 77.1 cm³/mol. The molecule has 112 valence electrons. The third-order valence-corrected chi connectivity index (χ3v) is 5.29. The van der Waals surface area contributed by atoms with Crippen LogP contribution >= 0.6 is 0 Å². The van der Waals surface area contributed by atoms with Gasteiger partial charge in [0.2, 0.25) is 10.0 Å². The Balaban J connectivity index is 3.17. The van der Waals surface area contributed by atoms with Gasteiger partial charge in [0.05, 0.1) is 4.90 Å². The summed E-state index contributed by atoms with van der Waals surface area (Å²) in [6.07, 6.45) is 1.38. The monoisotopic (exact) mass is 299 g/mol. The Morgan fingerprint density at radius 2 is 1.80 bits per heavy atom. The highest BCUT2D eigenvalue weighted by molar-refractivity contribution is 7.89. The first-order chi connectivity index (χ1) is 9.32. The van der Waals surface area contributed by atoms with Crippen molar-refractivity contribution in [2.24, 2.45) is 0 Å². The zero-order valence-corrected chi connectivity index (χ0v) is 12.9. The number of carboxylic acids is 1. The van der Waals surface area contributed by atoms with Crippen LogP contribution in [0, 0.1) is 0 Å². The van der Waals surface area contributed by atoms with Crippen molar-refractivity contribution >= 4 is 16.0 Å². The van der Waals surface area contributed by atoms with Crippen molar-refractivity contribution in [2.45, 2.75) is 44.6 Å². The topological polar surface area (TPSA) is 74.7 Å². The molecule has 0 saturated heterocycles. The van der Waals surface area contributed by atoms with E-state index >= 15 is 0 Å². The third kappa shape index (κ3) is 3.80. The van der Waals surface area contributed by atoms with Crippen molar-refractivity contribution in [3.05, 3.63) is 29.8 Å². The summed E-state index contributed by atoms with van der Waals surface area (Å²) in [7, 11) is -3.78. The molecule has 0 amide bonds. The van der Waals surface area contributed by atoms with E-state index in [2.05, 4.69) is 0 Å². The zero-order chi connectivity index (χ0) is 15.3. The zero-order valence-electron chi connectivity index (χ0n) is 12.0. The van der Waals surface area contributed by atoms with Crippen LogP contribution in [0.4, 0.5) is 0 Å². The van der Waals surface area contributed by atoms with Crippen LogP contribution in [0.1, 0.15) is 32.8 Å². The molecule has 20 heavy (non-hydrogen) atoms. The quantitative estimate of drug-likeness (QED) is 0.837. The lowest BCUT2D eigenvalue weighted by atomic mass is 10.2. The van der Waals surface area contributed by atoms with Gasteiger partial charge in [0, 0.05) is 6.04 Å². The Bertz CT molecular complexity index is 551. The maximum absolute atomic E-state index is 12.5. The molecule has 0 fully saturated rings. The van der Waals surface area contributed by atoms with E-state index in [-0.39, 0.29) is 10.9 Å². The fourth-order valence-corrected chi connectivity index (χ4v) is 3.50. The van der Waals surface area contributed by atoms with Crippen molar-refractivity contribution in [3.63, 3.8) is 0 Å². The van der Waals surface area contributed by atoms with E-state index in [1.54, 1.807) is 19.1 Å². The molecule has 1 aromatic carbocycles. The lowest BCUT2D eigenvalue weighted by molar-refractivity contribution is -0.137. The van der Waals surface area contributed by atoms with Crippen LogP contribution in [0.3, 0.4) is 0 Å². The molecule has 1 rings (SSSR count). The van der Waals surface area contributed by atoms with Gasteiger partial charge in [-0.3, -0.25) is 4.79 Å². The Morgan fingerprint density at radius 1 is 1.25 bits per heavy atom. The summed E-state index contributed by atoms with van der Waals surface area (Å²) in [4.78, 5) is 11.0. The van der Waals surface area contributed by atoms with Crippen LogP contribution < -0.4 is 0 Å². The predicted octanol–water partition coefficient (Wildman–Crippen LogP) is 2.12. The molecule has 0 bridgehead atoms. The number of aryl methyl sites for hydroxylation is 1. The minimum absolute atomic E-state index is 0.135. The second-order valence-corrected chi connectivity index (χ2v) is 6.59. The number of aliphatic carboxylic acids is 1. The molecule has 1 aromatic rings. The van der Waals surface area contributed by atoms with Crippen LogP contribution in [0.25, 0.3) is 0 Å². The largest absolute Gasteiger partial charge is 0.480 e. The molecule has 0 radical (unpaired) electrons. The summed E-state index contributed by atoms with van der Waals surface area (Å²) >= 11 is 0. The van der Waals surface area contributed by atoms with E-state index in [4.69, 9.17) is 5.11 Å². The smallest absolute Gasteiger partial charge is 0.318 e. The Kier molecular flexibility index (Phi) is 5.71. The lowest BCUT2D eigenvalue weighted by Gasteiger charge is -2.26. The van der Waals surface area contributed by atoms with Crippen molar-refractivity contribution < 1.29 is 18.3 Å². The van der Waals surface area contributed by atoms with Gasteiger partial charge in [-0.1, -0.05) is 26.0 Å². The molecule has 0 saturated carbocycles. The average molecular weight is 299 g/mol. The highest BCUT2D eigenvalue weighted by Crippen LogP contribution is 2.20. The fourth-order valence-electron chi connectivity index (χ4n) is 1.85. The minimum atomic E-state index is -3.78. The highest BCUT2D eigenvalue weighted by atomic mass is 32.2. The molecular formula is C14H21NO4S. The van der Waals surface area contributed by atoms with Crippen LogP contribution in [-0.4, -0.2) is 36.4 Å². The van der Waals surface area contributed by atoms with Gasteiger partial charge in [-0.05, 0) is 37.5 Å². The summed E-state index contributed by atoms with van der Waals surface area (Å²) in [5.74, 6) is -1.15. The summed E-state index contributed by atoms with van der Waals surface area (Å²) in [6.45, 7) is 5.00. The first kappa shape index (κ1) is 16.7. The van der Waals surface area contributed by atoms with E-state index in [1.165, 1.54) is 12.1 Å². The Labute approximate surface area is 120 Å². The number of hydrogen-bond donors (Lipinski definition) is 1. The first-order valence-electron chi connectivity index (χ1n) is 6.65. The number of carbonyl (C=O) groups is 1. The molecule has 1 unspecified atom stereocenters. The third-order valence-electron chi connectivity index (χ3n) is 3.31. The summed E-state index contributed by atoms with van der Waals surface area (Å²) in [5.41, 5.74) is 1.04.